The molecule has 3 heterocycles. The van der Waals surface area contributed by atoms with E-state index in [2.05, 4.69) is 216 Å². The van der Waals surface area contributed by atoms with E-state index in [1.54, 1.807) is 0 Å². The van der Waals surface area contributed by atoms with Gasteiger partial charge < -0.3 is 23.1 Å². The number of nitrogens with zero attached hydrogens (tertiary/aromatic N) is 2. The van der Waals surface area contributed by atoms with Gasteiger partial charge in [0.15, 0.2) is 5.58 Å². The Hall–Kier alpha value is -9.06. The highest BCUT2D eigenvalue weighted by atomic mass is 16.3. The highest BCUT2D eigenvalue weighted by molar-refractivity contribution is 6.30. The molecule has 0 spiro atoms. The molecule has 0 bridgehead atoms. The summed E-state index contributed by atoms with van der Waals surface area (Å²) < 4.78 is 20.3. The van der Waals surface area contributed by atoms with Crippen LogP contribution in [0.5, 0.6) is 0 Å². The number of hydrogen-bond acceptors (Lipinski definition) is 5. The molecule has 14 aromatic rings. The molecule has 67 heavy (non-hydrogen) atoms. The fourth-order valence-electron chi connectivity index (χ4n) is 10.4. The van der Waals surface area contributed by atoms with Crippen LogP contribution < -0.4 is 9.80 Å². The van der Waals surface area contributed by atoms with E-state index in [-0.39, 0.29) is 0 Å². The number of furan rings is 3. The van der Waals surface area contributed by atoms with Crippen LogP contribution in [0.3, 0.4) is 0 Å². The SMILES string of the molecule is c1ccc(-c2ccccc2N(c2ccc3c(c2)oc2c4ccc(N(c5ccccc5)c5ccc6c(c5)oc5ccccc56)cc4c4ccccc4c32)c2cccc3c2oc2ccccc23)cc1. The minimum absolute atomic E-state index is 0.804. The Morgan fingerprint density at radius 1 is 0.254 bits per heavy atom. The molecule has 0 N–H and O–H groups in total. The van der Waals surface area contributed by atoms with Crippen molar-refractivity contribution in [2.45, 2.75) is 0 Å². The summed E-state index contributed by atoms with van der Waals surface area (Å²) in [6.45, 7) is 0. The third-order valence-corrected chi connectivity index (χ3v) is 13.4. The first-order valence-electron chi connectivity index (χ1n) is 22.7. The molecular formula is C62H38N2O3. The Bertz CT molecular complexity index is 4240. The Kier molecular flexibility index (Phi) is 8.21. The summed E-state index contributed by atoms with van der Waals surface area (Å²) in [6, 6.07) is 81.3. The van der Waals surface area contributed by atoms with Gasteiger partial charge in [0.1, 0.15) is 27.9 Å². The summed E-state index contributed by atoms with van der Waals surface area (Å²) in [5.41, 5.74) is 13.3. The van der Waals surface area contributed by atoms with Crippen molar-refractivity contribution in [2.24, 2.45) is 0 Å². The topological polar surface area (TPSA) is 45.9 Å². The molecule has 0 saturated heterocycles. The second-order valence-electron chi connectivity index (χ2n) is 17.2. The molecule has 0 radical (unpaired) electrons. The van der Waals surface area contributed by atoms with Crippen LogP contribution in [0.4, 0.5) is 34.1 Å². The van der Waals surface area contributed by atoms with Crippen LogP contribution in [0.1, 0.15) is 0 Å². The zero-order chi connectivity index (χ0) is 44.0. The molecule has 5 nitrogen and oxygen atoms in total. The lowest BCUT2D eigenvalue weighted by Gasteiger charge is -2.27. The highest BCUT2D eigenvalue weighted by Crippen LogP contribution is 2.49. The maximum atomic E-state index is 7.16. The molecular weight excluding hydrogens is 821 g/mol. The third-order valence-electron chi connectivity index (χ3n) is 13.4. The molecule has 0 saturated carbocycles. The Labute approximate surface area is 384 Å². The van der Waals surface area contributed by atoms with Crippen LogP contribution in [-0.2, 0) is 0 Å². The van der Waals surface area contributed by atoms with Crippen molar-refractivity contribution < 1.29 is 13.3 Å². The lowest BCUT2D eigenvalue weighted by molar-refractivity contribution is 0.668. The summed E-state index contributed by atoms with van der Waals surface area (Å²) in [6.07, 6.45) is 0. The zero-order valence-corrected chi connectivity index (χ0v) is 36.1. The predicted molar refractivity (Wildman–Crippen MR) is 278 cm³/mol. The number of hydrogen-bond donors (Lipinski definition) is 0. The van der Waals surface area contributed by atoms with Crippen LogP contribution in [0.25, 0.3) is 98.5 Å². The van der Waals surface area contributed by atoms with E-state index in [9.17, 15) is 0 Å². The van der Waals surface area contributed by atoms with E-state index in [4.69, 9.17) is 13.3 Å². The van der Waals surface area contributed by atoms with Gasteiger partial charge >= 0.3 is 0 Å². The van der Waals surface area contributed by atoms with Crippen molar-refractivity contribution in [3.8, 4) is 11.1 Å². The van der Waals surface area contributed by atoms with E-state index in [1.165, 1.54) is 0 Å². The summed E-state index contributed by atoms with van der Waals surface area (Å²) in [7, 11) is 0. The van der Waals surface area contributed by atoms with Crippen LogP contribution in [0.15, 0.2) is 244 Å². The average molecular weight is 859 g/mol. The number of fused-ring (bicyclic) bond motifs is 14. The van der Waals surface area contributed by atoms with E-state index >= 15 is 0 Å². The molecule has 0 unspecified atom stereocenters. The quantitative estimate of drug-likeness (QED) is 0.149. The van der Waals surface area contributed by atoms with Crippen molar-refractivity contribution in [2.75, 3.05) is 9.80 Å². The first-order valence-corrected chi connectivity index (χ1v) is 22.7. The van der Waals surface area contributed by atoms with Gasteiger partial charge in [0.2, 0.25) is 0 Å². The van der Waals surface area contributed by atoms with Gasteiger partial charge in [0.05, 0.1) is 17.1 Å². The first-order chi connectivity index (χ1) is 33.2. The molecule has 14 rings (SSSR count). The van der Waals surface area contributed by atoms with Crippen LogP contribution in [-0.4, -0.2) is 0 Å². The molecule has 5 heteroatoms. The summed E-state index contributed by atoms with van der Waals surface area (Å²) in [4.78, 5) is 4.63. The van der Waals surface area contributed by atoms with Crippen LogP contribution in [0, 0.1) is 0 Å². The van der Waals surface area contributed by atoms with Gasteiger partial charge in [-0.2, -0.15) is 0 Å². The number of rotatable bonds is 7. The van der Waals surface area contributed by atoms with Gasteiger partial charge in [-0.3, -0.25) is 0 Å². The molecule has 3 aromatic heterocycles. The first kappa shape index (κ1) is 37.3. The highest BCUT2D eigenvalue weighted by Gasteiger charge is 2.25. The van der Waals surface area contributed by atoms with Gasteiger partial charge in [0, 0.05) is 72.5 Å². The standard InChI is InChI=1S/C62H38N2O3/c1-3-16-39(17-4-1)44-20-9-12-26-54(44)64(55-27-15-25-50-47-23-11-14-29-57(47)66-61(50)55)43-32-35-52-59(38-43)67-62-51-34-31-41(36-53(51)45-21-7-8-24-49(45)60(52)62)63(40-18-5-2-6-19-40)42-30-33-48-46-22-10-13-28-56(46)65-58(48)37-42/h1-38H. The number of benzene rings is 11. The molecule has 0 fully saturated rings. The van der Waals surface area contributed by atoms with Crippen molar-refractivity contribution >= 4 is 121 Å². The molecule has 0 atom stereocenters. The summed E-state index contributed by atoms with van der Waals surface area (Å²) >= 11 is 0. The molecule has 0 aliphatic heterocycles. The molecule has 11 aromatic carbocycles. The minimum atomic E-state index is 0.804. The van der Waals surface area contributed by atoms with Crippen molar-refractivity contribution in [1.29, 1.82) is 0 Å². The Morgan fingerprint density at radius 3 is 1.55 bits per heavy atom. The molecule has 314 valence electrons. The molecule has 0 aliphatic rings. The fourth-order valence-corrected chi connectivity index (χ4v) is 10.4. The smallest absolute Gasteiger partial charge is 0.159 e. The second-order valence-corrected chi connectivity index (χ2v) is 17.2. The Balaban J connectivity index is 0.977. The van der Waals surface area contributed by atoms with Crippen LogP contribution in [0.2, 0.25) is 0 Å². The van der Waals surface area contributed by atoms with Gasteiger partial charge in [-0.15, -0.1) is 0 Å². The van der Waals surface area contributed by atoms with E-state index in [0.29, 0.717) is 0 Å². The average Bonchev–Trinajstić information content (AvgIpc) is 4.09. The van der Waals surface area contributed by atoms with Gasteiger partial charge in [0.25, 0.3) is 0 Å². The van der Waals surface area contributed by atoms with Gasteiger partial charge in [-0.25, -0.2) is 0 Å². The van der Waals surface area contributed by atoms with E-state index in [1.807, 2.05) is 24.3 Å². The summed E-state index contributed by atoms with van der Waals surface area (Å²) in [5.74, 6) is 0. The summed E-state index contributed by atoms with van der Waals surface area (Å²) in [5, 5.41) is 11.0. The molecule has 0 aliphatic carbocycles. The van der Waals surface area contributed by atoms with Crippen molar-refractivity contribution in [3.05, 3.63) is 231 Å². The second kappa shape index (κ2) is 14.7. The van der Waals surface area contributed by atoms with E-state index in [0.717, 1.165) is 133 Å². The fraction of sp³-hybridized carbons (Fsp3) is 0. The largest absolute Gasteiger partial charge is 0.456 e. The number of anilines is 6. The molecule has 0 amide bonds. The number of para-hydroxylation sites is 5. The lowest BCUT2D eigenvalue weighted by Crippen LogP contribution is -2.11. The van der Waals surface area contributed by atoms with Crippen LogP contribution >= 0.6 is 0 Å². The maximum Gasteiger partial charge on any atom is 0.159 e. The monoisotopic (exact) mass is 858 g/mol. The zero-order valence-electron chi connectivity index (χ0n) is 36.1. The predicted octanol–water partition coefficient (Wildman–Crippen LogP) is 18.3. The van der Waals surface area contributed by atoms with Gasteiger partial charge in [-0.05, 0) is 101 Å². The third kappa shape index (κ3) is 5.81. The Morgan fingerprint density at radius 2 is 0.761 bits per heavy atom. The maximum absolute atomic E-state index is 7.16. The van der Waals surface area contributed by atoms with E-state index < -0.39 is 0 Å². The normalized spacial score (nSPS) is 11.9. The van der Waals surface area contributed by atoms with Gasteiger partial charge in [-0.1, -0.05) is 140 Å². The van der Waals surface area contributed by atoms with Crippen molar-refractivity contribution in [3.63, 3.8) is 0 Å². The van der Waals surface area contributed by atoms with Crippen molar-refractivity contribution in [1.82, 2.24) is 0 Å². The lowest BCUT2D eigenvalue weighted by atomic mass is 9.96. The minimum Gasteiger partial charge on any atom is -0.456 e.